The van der Waals surface area contributed by atoms with Crippen molar-refractivity contribution in [1.29, 1.82) is 0 Å². The van der Waals surface area contributed by atoms with E-state index < -0.39 is 0 Å². The number of aromatic nitrogens is 4. The molecule has 0 bridgehead atoms. The third-order valence-electron chi connectivity index (χ3n) is 4.64. The van der Waals surface area contributed by atoms with E-state index in [9.17, 15) is 4.79 Å². The largest absolute Gasteiger partial charge is 0.324 e. The van der Waals surface area contributed by atoms with Gasteiger partial charge in [-0.15, -0.1) is 10.2 Å². The van der Waals surface area contributed by atoms with Crippen LogP contribution in [0, 0.1) is 13.8 Å². The lowest BCUT2D eigenvalue weighted by Gasteiger charge is -2.13. The van der Waals surface area contributed by atoms with Crippen molar-refractivity contribution < 1.29 is 4.79 Å². The van der Waals surface area contributed by atoms with E-state index >= 15 is 0 Å². The number of nitrogens with zero attached hydrogens (tertiary/aromatic N) is 4. The highest BCUT2D eigenvalue weighted by atomic mass is 79.9. The molecule has 4 aromatic rings. The van der Waals surface area contributed by atoms with Gasteiger partial charge in [-0.25, -0.2) is 0 Å². The molecular formula is C23H20BrN5OS. The molecule has 2 heterocycles. The predicted molar refractivity (Wildman–Crippen MR) is 128 cm³/mol. The van der Waals surface area contributed by atoms with Gasteiger partial charge in [0.05, 0.1) is 17.1 Å². The molecule has 1 N–H and O–H groups in total. The number of rotatable bonds is 6. The highest BCUT2D eigenvalue weighted by Crippen LogP contribution is 2.29. The molecule has 0 saturated carbocycles. The van der Waals surface area contributed by atoms with E-state index in [1.165, 1.54) is 11.8 Å². The van der Waals surface area contributed by atoms with Crippen LogP contribution in [0.4, 0.5) is 5.69 Å². The Balaban J connectivity index is 1.60. The van der Waals surface area contributed by atoms with Gasteiger partial charge in [0.2, 0.25) is 5.91 Å². The highest BCUT2D eigenvalue weighted by molar-refractivity contribution is 9.10. The number of halogens is 1. The number of anilines is 1. The Morgan fingerprint density at radius 2 is 1.94 bits per heavy atom. The van der Waals surface area contributed by atoms with Gasteiger partial charge < -0.3 is 5.32 Å². The van der Waals surface area contributed by atoms with Crippen LogP contribution in [-0.4, -0.2) is 31.4 Å². The van der Waals surface area contributed by atoms with Crippen LogP contribution in [-0.2, 0) is 4.79 Å². The first-order chi connectivity index (χ1) is 15.0. The molecule has 1 amide bonds. The van der Waals surface area contributed by atoms with Gasteiger partial charge in [0, 0.05) is 22.4 Å². The average molecular weight is 494 g/mol. The molecule has 0 aliphatic heterocycles. The fraction of sp³-hybridized carbons (Fsp3) is 0.130. The van der Waals surface area contributed by atoms with Gasteiger partial charge in [0.25, 0.3) is 0 Å². The van der Waals surface area contributed by atoms with Crippen LogP contribution in [0.25, 0.3) is 17.1 Å². The molecule has 0 unspecified atom stereocenters. The first-order valence-electron chi connectivity index (χ1n) is 9.63. The number of amides is 1. The molecule has 8 heteroatoms. The molecule has 2 aromatic carbocycles. The molecule has 0 spiro atoms. The van der Waals surface area contributed by atoms with E-state index in [2.05, 4.69) is 36.4 Å². The minimum Gasteiger partial charge on any atom is -0.324 e. The lowest BCUT2D eigenvalue weighted by Crippen LogP contribution is -2.15. The maximum absolute atomic E-state index is 12.6. The van der Waals surface area contributed by atoms with Crippen molar-refractivity contribution in [3.8, 4) is 17.1 Å². The van der Waals surface area contributed by atoms with E-state index in [1.54, 1.807) is 12.4 Å². The van der Waals surface area contributed by atoms with Gasteiger partial charge in [-0.2, -0.15) is 0 Å². The highest BCUT2D eigenvalue weighted by Gasteiger charge is 2.18. The van der Waals surface area contributed by atoms with Crippen molar-refractivity contribution in [3.05, 3.63) is 82.6 Å². The van der Waals surface area contributed by atoms with Crippen LogP contribution in [0.5, 0.6) is 0 Å². The van der Waals surface area contributed by atoms with E-state index in [0.29, 0.717) is 11.0 Å². The first-order valence-corrected chi connectivity index (χ1v) is 11.4. The molecule has 0 fully saturated rings. The maximum atomic E-state index is 12.6. The second-order valence-corrected chi connectivity index (χ2v) is 8.79. The first kappa shape index (κ1) is 21.3. The van der Waals surface area contributed by atoms with Crippen LogP contribution >= 0.6 is 27.7 Å². The van der Waals surface area contributed by atoms with Gasteiger partial charge in [-0.1, -0.05) is 36.0 Å². The zero-order valence-electron chi connectivity index (χ0n) is 17.0. The molecular weight excluding hydrogens is 474 g/mol. The lowest BCUT2D eigenvalue weighted by molar-refractivity contribution is -0.113. The zero-order valence-corrected chi connectivity index (χ0v) is 19.4. The van der Waals surface area contributed by atoms with E-state index in [1.807, 2.05) is 73.0 Å². The smallest absolute Gasteiger partial charge is 0.234 e. The van der Waals surface area contributed by atoms with Crippen LogP contribution < -0.4 is 5.32 Å². The predicted octanol–water partition coefficient (Wildman–Crippen LogP) is 5.44. The molecule has 31 heavy (non-hydrogen) atoms. The van der Waals surface area contributed by atoms with Gasteiger partial charge in [-0.05, 0) is 71.2 Å². The minimum atomic E-state index is -0.114. The monoisotopic (exact) mass is 493 g/mol. The van der Waals surface area contributed by atoms with Crippen molar-refractivity contribution in [3.63, 3.8) is 0 Å². The normalized spacial score (nSPS) is 10.8. The summed E-state index contributed by atoms with van der Waals surface area (Å²) in [6.07, 6.45) is 3.48. The Labute approximate surface area is 193 Å². The van der Waals surface area contributed by atoms with Gasteiger partial charge in [0.15, 0.2) is 11.0 Å². The van der Waals surface area contributed by atoms with Crippen molar-refractivity contribution >= 4 is 39.3 Å². The van der Waals surface area contributed by atoms with E-state index in [4.69, 9.17) is 0 Å². The number of thioether (sulfide) groups is 1. The van der Waals surface area contributed by atoms with Crippen LogP contribution in [0.1, 0.15) is 11.1 Å². The molecule has 0 atom stereocenters. The number of hydrogen-bond donors (Lipinski definition) is 1. The summed E-state index contributed by atoms with van der Waals surface area (Å²) in [7, 11) is 0. The van der Waals surface area contributed by atoms with Crippen LogP contribution in [0.2, 0.25) is 0 Å². The van der Waals surface area contributed by atoms with Gasteiger partial charge in [0.1, 0.15) is 0 Å². The molecule has 0 aliphatic rings. The topological polar surface area (TPSA) is 72.7 Å². The number of aryl methyl sites for hydroxylation is 2. The summed E-state index contributed by atoms with van der Waals surface area (Å²) in [6, 6.07) is 17.7. The SMILES string of the molecule is Cc1ccc(NC(=O)CSc2nnc(-c3cccnc3)n2-c2ccccc2C)c(Br)c1. The van der Waals surface area contributed by atoms with Crippen molar-refractivity contribution in [2.24, 2.45) is 0 Å². The van der Waals surface area contributed by atoms with Gasteiger partial charge >= 0.3 is 0 Å². The molecule has 0 radical (unpaired) electrons. The second kappa shape index (κ2) is 9.45. The van der Waals surface area contributed by atoms with Crippen LogP contribution in [0.3, 0.4) is 0 Å². The number of para-hydroxylation sites is 1. The quantitative estimate of drug-likeness (QED) is 0.362. The molecule has 0 saturated heterocycles. The Bertz CT molecular complexity index is 1230. The maximum Gasteiger partial charge on any atom is 0.234 e. The number of nitrogens with one attached hydrogen (secondary N) is 1. The molecule has 0 aliphatic carbocycles. The standard InChI is InChI=1S/C23H20BrN5OS/c1-15-9-10-19(18(24)12-15)26-21(30)14-31-23-28-27-22(17-7-5-11-25-13-17)29(23)20-8-4-3-6-16(20)2/h3-13H,14H2,1-2H3,(H,26,30). The fourth-order valence-corrected chi connectivity index (χ4v) is 4.45. The molecule has 156 valence electrons. The average Bonchev–Trinajstić information content (AvgIpc) is 3.19. The zero-order chi connectivity index (χ0) is 21.8. The number of pyridine rings is 1. The number of hydrogen-bond acceptors (Lipinski definition) is 5. The van der Waals surface area contributed by atoms with Crippen molar-refractivity contribution in [2.75, 3.05) is 11.1 Å². The number of carbonyl (C=O) groups is 1. The number of carbonyl (C=O) groups excluding carboxylic acids is 1. The summed E-state index contributed by atoms with van der Waals surface area (Å²) in [5.41, 5.74) is 4.78. The molecule has 4 rings (SSSR count). The van der Waals surface area contributed by atoms with E-state index in [-0.39, 0.29) is 11.7 Å². The summed E-state index contributed by atoms with van der Waals surface area (Å²) in [4.78, 5) is 16.8. The summed E-state index contributed by atoms with van der Waals surface area (Å²) in [6.45, 7) is 4.04. The van der Waals surface area contributed by atoms with Crippen LogP contribution in [0.15, 0.2) is 76.6 Å². The van der Waals surface area contributed by atoms with Crippen molar-refractivity contribution in [2.45, 2.75) is 19.0 Å². The Kier molecular flexibility index (Phi) is 6.48. The summed E-state index contributed by atoms with van der Waals surface area (Å²) in [5, 5.41) is 12.4. The Hall–Kier alpha value is -2.97. The molecule has 6 nitrogen and oxygen atoms in total. The second-order valence-electron chi connectivity index (χ2n) is 6.99. The number of benzene rings is 2. The summed E-state index contributed by atoms with van der Waals surface area (Å²) >= 11 is 4.84. The molecule has 2 aromatic heterocycles. The van der Waals surface area contributed by atoms with Gasteiger partial charge in [-0.3, -0.25) is 14.3 Å². The Morgan fingerprint density at radius 3 is 2.68 bits per heavy atom. The third kappa shape index (κ3) is 4.86. The lowest BCUT2D eigenvalue weighted by atomic mass is 10.2. The Morgan fingerprint density at radius 1 is 1.10 bits per heavy atom. The van der Waals surface area contributed by atoms with E-state index in [0.717, 1.165) is 32.5 Å². The third-order valence-corrected chi connectivity index (χ3v) is 6.23. The van der Waals surface area contributed by atoms with Crippen molar-refractivity contribution in [1.82, 2.24) is 19.7 Å². The summed E-state index contributed by atoms with van der Waals surface area (Å²) < 4.78 is 2.83. The fourth-order valence-electron chi connectivity index (χ4n) is 3.11. The minimum absolute atomic E-state index is 0.114. The summed E-state index contributed by atoms with van der Waals surface area (Å²) in [5.74, 6) is 0.778.